The van der Waals surface area contributed by atoms with Gasteiger partial charge in [0, 0.05) is 17.6 Å². The van der Waals surface area contributed by atoms with Crippen LogP contribution in [0.15, 0.2) is 30.4 Å². The Kier molecular flexibility index (Phi) is 7.59. The molecule has 1 aromatic rings. The third kappa shape index (κ3) is 5.46. The molecule has 2 rings (SSSR count). The van der Waals surface area contributed by atoms with Gasteiger partial charge in [0.2, 0.25) is 0 Å². The van der Waals surface area contributed by atoms with Crippen LogP contribution < -0.4 is 4.74 Å². The van der Waals surface area contributed by atoms with Gasteiger partial charge in [-0.25, -0.2) is 0 Å². The van der Waals surface area contributed by atoms with Crippen LogP contribution in [0.4, 0.5) is 0 Å². The van der Waals surface area contributed by atoms with Gasteiger partial charge in [-0.3, -0.25) is 14.4 Å². The van der Waals surface area contributed by atoms with E-state index < -0.39 is 18.3 Å². The van der Waals surface area contributed by atoms with Crippen LogP contribution in [0.5, 0.6) is 5.75 Å². The van der Waals surface area contributed by atoms with E-state index in [9.17, 15) is 14.4 Å². The number of fused-ring (bicyclic) bond motifs is 1. The molecule has 6 nitrogen and oxygen atoms in total. The molecule has 4 atom stereocenters. The summed E-state index contributed by atoms with van der Waals surface area (Å²) in [6.07, 6.45) is -0.445. The molecule has 0 N–H and O–H groups in total. The Bertz CT molecular complexity index is 782. The molecule has 0 fully saturated rings. The van der Waals surface area contributed by atoms with Crippen LogP contribution in [-0.4, -0.2) is 24.3 Å². The molecule has 158 valence electrons. The minimum Gasteiger partial charge on any atom is -0.481 e. The maximum Gasteiger partial charge on any atom is 0.309 e. The molecular formula is C23H30O6. The Balaban J connectivity index is 2.29. The molecule has 0 amide bonds. The molecule has 0 saturated heterocycles. The van der Waals surface area contributed by atoms with Gasteiger partial charge in [0.25, 0.3) is 0 Å². The molecule has 6 heteroatoms. The number of aldehydes is 1. The van der Waals surface area contributed by atoms with Gasteiger partial charge in [0.1, 0.15) is 18.1 Å². The first kappa shape index (κ1) is 22.7. The summed E-state index contributed by atoms with van der Waals surface area (Å²) >= 11 is 0. The Morgan fingerprint density at radius 2 is 1.93 bits per heavy atom. The minimum atomic E-state index is -0.772. The Labute approximate surface area is 172 Å². The number of benzene rings is 1. The summed E-state index contributed by atoms with van der Waals surface area (Å²) in [6, 6.07) is 5.33. The smallest absolute Gasteiger partial charge is 0.309 e. The number of carbonyl (C=O) groups is 3. The molecule has 1 aliphatic rings. The minimum absolute atomic E-state index is 0.142. The normalized spacial score (nSPS) is 19.7. The second-order valence-corrected chi connectivity index (χ2v) is 7.93. The van der Waals surface area contributed by atoms with Gasteiger partial charge >= 0.3 is 11.9 Å². The summed E-state index contributed by atoms with van der Waals surface area (Å²) in [5.74, 6) is -0.149. The van der Waals surface area contributed by atoms with Crippen molar-refractivity contribution in [2.45, 2.75) is 65.8 Å². The lowest BCUT2D eigenvalue weighted by atomic mass is 9.98. The predicted molar refractivity (Wildman–Crippen MR) is 108 cm³/mol. The lowest BCUT2D eigenvalue weighted by Gasteiger charge is -2.20. The van der Waals surface area contributed by atoms with Crippen molar-refractivity contribution in [3.05, 3.63) is 41.5 Å². The van der Waals surface area contributed by atoms with Crippen LogP contribution >= 0.6 is 0 Å². The van der Waals surface area contributed by atoms with E-state index in [-0.39, 0.29) is 35.8 Å². The van der Waals surface area contributed by atoms with Gasteiger partial charge in [-0.15, -0.1) is 0 Å². The van der Waals surface area contributed by atoms with E-state index in [1.54, 1.807) is 25.1 Å². The van der Waals surface area contributed by atoms with Crippen LogP contribution in [0, 0.1) is 11.8 Å². The van der Waals surface area contributed by atoms with E-state index in [1.807, 2.05) is 27.7 Å². The van der Waals surface area contributed by atoms with Gasteiger partial charge < -0.3 is 14.2 Å². The van der Waals surface area contributed by atoms with Gasteiger partial charge in [-0.1, -0.05) is 40.3 Å². The second kappa shape index (κ2) is 9.72. The quantitative estimate of drug-likeness (QED) is 0.344. The molecule has 0 aliphatic carbocycles. The summed E-state index contributed by atoms with van der Waals surface area (Å²) in [7, 11) is 0. The molecule has 0 aromatic heterocycles. The maximum atomic E-state index is 12.3. The predicted octanol–water partition coefficient (Wildman–Crippen LogP) is 4.48. The van der Waals surface area contributed by atoms with Crippen molar-refractivity contribution in [1.82, 2.24) is 0 Å². The van der Waals surface area contributed by atoms with Gasteiger partial charge in [0.15, 0.2) is 12.2 Å². The van der Waals surface area contributed by atoms with Gasteiger partial charge in [0.05, 0.1) is 5.92 Å². The fraction of sp³-hybridized carbons (Fsp3) is 0.522. The molecule has 0 spiro atoms. The number of hydrogen-bond acceptors (Lipinski definition) is 6. The van der Waals surface area contributed by atoms with E-state index in [0.29, 0.717) is 24.0 Å². The lowest BCUT2D eigenvalue weighted by molar-refractivity contribution is -0.153. The SMILES string of the molecule is C=C(C=O)C1Oc2ccc(C(C)OC(=O)C(C)CC)cc2C1OC(=O)CC(C)C. The lowest BCUT2D eigenvalue weighted by Crippen LogP contribution is -2.26. The van der Waals surface area contributed by atoms with Gasteiger partial charge in [-0.2, -0.15) is 0 Å². The maximum absolute atomic E-state index is 12.3. The number of hydrogen-bond donors (Lipinski definition) is 0. The van der Waals surface area contributed by atoms with Crippen molar-refractivity contribution in [2.75, 3.05) is 0 Å². The largest absolute Gasteiger partial charge is 0.481 e. The Hall–Kier alpha value is -2.63. The molecule has 1 aromatic carbocycles. The van der Waals surface area contributed by atoms with Crippen molar-refractivity contribution in [2.24, 2.45) is 11.8 Å². The first-order valence-electron chi connectivity index (χ1n) is 10.0. The summed E-state index contributed by atoms with van der Waals surface area (Å²) in [4.78, 5) is 35.7. The van der Waals surface area contributed by atoms with E-state index in [4.69, 9.17) is 14.2 Å². The highest BCUT2D eigenvalue weighted by Gasteiger charge is 2.39. The molecule has 0 bridgehead atoms. The average molecular weight is 402 g/mol. The van der Waals surface area contributed by atoms with Gasteiger partial charge in [-0.05, 0) is 37.0 Å². The molecule has 4 unspecified atom stereocenters. The topological polar surface area (TPSA) is 78.9 Å². The third-order valence-corrected chi connectivity index (χ3v) is 5.00. The summed E-state index contributed by atoms with van der Waals surface area (Å²) in [6.45, 7) is 13.1. The van der Waals surface area contributed by atoms with Crippen molar-refractivity contribution < 1.29 is 28.6 Å². The van der Waals surface area contributed by atoms with Crippen LogP contribution in [0.3, 0.4) is 0 Å². The van der Waals surface area contributed by atoms with Crippen LogP contribution in [0.25, 0.3) is 0 Å². The standard InChI is InChI=1S/C23H30O6/c1-7-14(4)23(26)27-16(6)17-8-9-19-18(11-17)22(21(28-19)15(5)12-24)29-20(25)10-13(2)3/h8-9,11-14,16,21-22H,5,7,10H2,1-4,6H3. The highest BCUT2D eigenvalue weighted by molar-refractivity contribution is 5.76. The van der Waals surface area contributed by atoms with E-state index in [0.717, 1.165) is 5.56 Å². The van der Waals surface area contributed by atoms with Crippen molar-refractivity contribution in [3.8, 4) is 5.75 Å². The average Bonchev–Trinajstić information content (AvgIpc) is 3.03. The highest BCUT2D eigenvalue weighted by Crippen LogP contribution is 2.43. The molecule has 0 radical (unpaired) electrons. The first-order valence-corrected chi connectivity index (χ1v) is 10.0. The molecular weight excluding hydrogens is 372 g/mol. The molecule has 1 aliphatic heterocycles. The monoisotopic (exact) mass is 402 g/mol. The summed E-state index contributed by atoms with van der Waals surface area (Å²) < 4.78 is 17.1. The molecule has 1 heterocycles. The van der Waals surface area contributed by atoms with E-state index in [1.165, 1.54) is 0 Å². The van der Waals surface area contributed by atoms with Crippen LogP contribution in [0.1, 0.15) is 70.8 Å². The van der Waals surface area contributed by atoms with Crippen molar-refractivity contribution in [1.29, 1.82) is 0 Å². The summed E-state index contributed by atoms with van der Waals surface area (Å²) in [5.41, 5.74) is 1.59. The Morgan fingerprint density at radius 1 is 1.24 bits per heavy atom. The van der Waals surface area contributed by atoms with Crippen molar-refractivity contribution >= 4 is 18.2 Å². The number of rotatable bonds is 9. The zero-order chi connectivity index (χ0) is 21.7. The molecule has 29 heavy (non-hydrogen) atoms. The van der Waals surface area contributed by atoms with E-state index in [2.05, 4.69) is 6.58 Å². The zero-order valence-electron chi connectivity index (χ0n) is 17.8. The van der Waals surface area contributed by atoms with Crippen molar-refractivity contribution in [3.63, 3.8) is 0 Å². The number of ether oxygens (including phenoxy) is 3. The number of carbonyl (C=O) groups excluding carboxylic acids is 3. The van der Waals surface area contributed by atoms with Crippen LogP contribution in [-0.2, 0) is 23.9 Å². The zero-order valence-corrected chi connectivity index (χ0v) is 17.8. The molecule has 0 saturated carbocycles. The second-order valence-electron chi connectivity index (χ2n) is 7.93. The van der Waals surface area contributed by atoms with E-state index >= 15 is 0 Å². The third-order valence-electron chi connectivity index (χ3n) is 5.00. The number of esters is 2. The highest BCUT2D eigenvalue weighted by atomic mass is 16.6. The summed E-state index contributed by atoms with van der Waals surface area (Å²) in [5, 5.41) is 0. The Morgan fingerprint density at radius 3 is 2.52 bits per heavy atom. The fourth-order valence-electron chi connectivity index (χ4n) is 3.02. The first-order chi connectivity index (χ1) is 13.7. The fourth-order valence-corrected chi connectivity index (χ4v) is 3.02. The van der Waals surface area contributed by atoms with Crippen LogP contribution in [0.2, 0.25) is 0 Å².